The van der Waals surface area contributed by atoms with Crippen LogP contribution >= 0.6 is 11.8 Å². The number of aromatic nitrogens is 1. The van der Waals surface area contributed by atoms with E-state index < -0.39 is 0 Å². The molecule has 1 atom stereocenters. The maximum absolute atomic E-state index is 11.9. The molecule has 0 aliphatic carbocycles. The summed E-state index contributed by atoms with van der Waals surface area (Å²) in [5, 5.41) is 2.63. The van der Waals surface area contributed by atoms with E-state index in [9.17, 15) is 4.79 Å². The van der Waals surface area contributed by atoms with Crippen LogP contribution in [0.3, 0.4) is 0 Å². The molecular weight excluding hydrogens is 244 g/mol. The van der Waals surface area contributed by atoms with E-state index in [-0.39, 0.29) is 11.2 Å². The Kier molecular flexibility index (Phi) is 4.36. The molecule has 3 nitrogen and oxygen atoms in total. The van der Waals surface area contributed by atoms with Gasteiger partial charge in [-0.05, 0) is 31.2 Å². The number of carbonyl (C=O) groups excluding carboxylic acids is 1. The van der Waals surface area contributed by atoms with Crippen LogP contribution in [0.15, 0.2) is 59.6 Å². The lowest BCUT2D eigenvalue weighted by molar-refractivity contribution is -0.115. The summed E-state index contributed by atoms with van der Waals surface area (Å²) in [7, 11) is 0. The van der Waals surface area contributed by atoms with Crippen LogP contribution in [0, 0.1) is 0 Å². The minimum Gasteiger partial charge on any atom is -0.310 e. The van der Waals surface area contributed by atoms with E-state index >= 15 is 0 Å². The fraction of sp³-hybridized carbons (Fsp3) is 0.143. The molecule has 4 heteroatoms. The number of nitrogens with one attached hydrogen (secondary N) is 1. The van der Waals surface area contributed by atoms with Crippen molar-refractivity contribution in [2.75, 3.05) is 5.32 Å². The Balaban J connectivity index is 1.93. The van der Waals surface area contributed by atoms with E-state index in [0.29, 0.717) is 5.82 Å². The summed E-state index contributed by atoms with van der Waals surface area (Å²) < 4.78 is 0. The Morgan fingerprint density at radius 3 is 2.56 bits per heavy atom. The van der Waals surface area contributed by atoms with Crippen molar-refractivity contribution in [2.45, 2.75) is 17.1 Å². The summed E-state index contributed by atoms with van der Waals surface area (Å²) in [6.45, 7) is 1.88. The Morgan fingerprint density at radius 1 is 1.17 bits per heavy atom. The predicted molar refractivity (Wildman–Crippen MR) is 74.6 cm³/mol. The molecule has 2 rings (SSSR count). The van der Waals surface area contributed by atoms with Crippen molar-refractivity contribution in [3.8, 4) is 0 Å². The van der Waals surface area contributed by atoms with Gasteiger partial charge in [-0.25, -0.2) is 4.98 Å². The van der Waals surface area contributed by atoms with Crippen molar-refractivity contribution in [3.63, 3.8) is 0 Å². The summed E-state index contributed by atoms with van der Waals surface area (Å²) >= 11 is 1.53. The first-order chi connectivity index (χ1) is 8.75. The lowest BCUT2D eigenvalue weighted by Gasteiger charge is -2.11. The molecule has 18 heavy (non-hydrogen) atoms. The monoisotopic (exact) mass is 258 g/mol. The van der Waals surface area contributed by atoms with Crippen LogP contribution in [-0.4, -0.2) is 16.1 Å². The number of anilines is 1. The van der Waals surface area contributed by atoms with E-state index in [1.807, 2.05) is 49.4 Å². The first-order valence-corrected chi connectivity index (χ1v) is 6.57. The van der Waals surface area contributed by atoms with Gasteiger partial charge >= 0.3 is 0 Å². The molecule has 0 saturated heterocycles. The Morgan fingerprint density at radius 2 is 1.89 bits per heavy atom. The highest BCUT2D eigenvalue weighted by Crippen LogP contribution is 2.23. The first-order valence-electron chi connectivity index (χ1n) is 5.69. The highest BCUT2D eigenvalue weighted by atomic mass is 32.2. The summed E-state index contributed by atoms with van der Waals surface area (Å²) in [5.74, 6) is 0.547. The van der Waals surface area contributed by atoms with Crippen molar-refractivity contribution in [2.24, 2.45) is 0 Å². The maximum atomic E-state index is 11.9. The van der Waals surface area contributed by atoms with Gasteiger partial charge in [-0.15, -0.1) is 11.8 Å². The molecule has 1 N–H and O–H groups in total. The van der Waals surface area contributed by atoms with Gasteiger partial charge in [0.05, 0.1) is 5.25 Å². The number of hydrogen-bond donors (Lipinski definition) is 1. The van der Waals surface area contributed by atoms with Crippen LogP contribution < -0.4 is 5.32 Å². The zero-order valence-electron chi connectivity index (χ0n) is 10.0. The third kappa shape index (κ3) is 3.60. The quantitative estimate of drug-likeness (QED) is 0.856. The molecule has 1 aromatic heterocycles. The standard InChI is InChI=1S/C14H14N2OS/c1-11(18-12-7-3-2-4-8-12)14(17)16-13-9-5-6-10-15-13/h2-11H,1H3,(H,15,16,17). The Hall–Kier alpha value is -1.81. The second-order valence-electron chi connectivity index (χ2n) is 3.78. The van der Waals surface area contributed by atoms with Crippen molar-refractivity contribution in [3.05, 3.63) is 54.7 Å². The summed E-state index contributed by atoms with van der Waals surface area (Å²) in [6.07, 6.45) is 1.66. The number of benzene rings is 1. The van der Waals surface area contributed by atoms with Crippen LogP contribution in [0.5, 0.6) is 0 Å². The van der Waals surface area contributed by atoms with Crippen LogP contribution in [0.4, 0.5) is 5.82 Å². The topological polar surface area (TPSA) is 42.0 Å². The Labute approximate surface area is 111 Å². The van der Waals surface area contributed by atoms with Gasteiger partial charge in [0.25, 0.3) is 0 Å². The van der Waals surface area contributed by atoms with Gasteiger partial charge in [0.1, 0.15) is 5.82 Å². The molecule has 1 amide bonds. The molecule has 0 fully saturated rings. The van der Waals surface area contributed by atoms with Crippen molar-refractivity contribution < 1.29 is 4.79 Å². The average Bonchev–Trinajstić information content (AvgIpc) is 2.41. The molecule has 1 aromatic carbocycles. The lowest BCUT2D eigenvalue weighted by atomic mass is 10.4. The SMILES string of the molecule is CC(Sc1ccccc1)C(=O)Nc1ccccn1. The lowest BCUT2D eigenvalue weighted by Crippen LogP contribution is -2.22. The van der Waals surface area contributed by atoms with Gasteiger partial charge in [0.15, 0.2) is 0 Å². The molecule has 0 saturated carbocycles. The minimum atomic E-state index is -0.158. The van der Waals surface area contributed by atoms with Crippen LogP contribution in [0.1, 0.15) is 6.92 Å². The molecule has 0 bridgehead atoms. The second kappa shape index (κ2) is 6.21. The zero-order valence-corrected chi connectivity index (χ0v) is 10.9. The summed E-state index contributed by atoms with van der Waals surface area (Å²) in [4.78, 5) is 17.1. The van der Waals surface area contributed by atoms with E-state index in [0.717, 1.165) is 4.90 Å². The number of rotatable bonds is 4. The third-order valence-electron chi connectivity index (χ3n) is 2.34. The number of hydrogen-bond acceptors (Lipinski definition) is 3. The van der Waals surface area contributed by atoms with Gasteiger partial charge in [-0.3, -0.25) is 4.79 Å². The van der Waals surface area contributed by atoms with Crippen LogP contribution in [0.25, 0.3) is 0 Å². The van der Waals surface area contributed by atoms with E-state index in [4.69, 9.17) is 0 Å². The number of thioether (sulfide) groups is 1. The van der Waals surface area contributed by atoms with E-state index in [1.165, 1.54) is 11.8 Å². The van der Waals surface area contributed by atoms with E-state index in [2.05, 4.69) is 10.3 Å². The normalized spacial score (nSPS) is 11.8. The number of nitrogens with zero attached hydrogens (tertiary/aromatic N) is 1. The summed E-state index contributed by atoms with van der Waals surface area (Å²) in [5.41, 5.74) is 0. The van der Waals surface area contributed by atoms with E-state index in [1.54, 1.807) is 12.3 Å². The smallest absolute Gasteiger partial charge is 0.238 e. The Bertz CT molecular complexity index is 502. The average molecular weight is 258 g/mol. The largest absolute Gasteiger partial charge is 0.310 e. The fourth-order valence-corrected chi connectivity index (χ4v) is 2.31. The summed E-state index contributed by atoms with van der Waals surface area (Å²) in [6, 6.07) is 15.3. The molecular formula is C14H14N2OS. The highest BCUT2D eigenvalue weighted by Gasteiger charge is 2.14. The molecule has 0 aliphatic heterocycles. The fourth-order valence-electron chi connectivity index (χ4n) is 1.42. The first kappa shape index (κ1) is 12.6. The highest BCUT2D eigenvalue weighted by molar-refractivity contribution is 8.00. The molecule has 0 spiro atoms. The van der Waals surface area contributed by atoms with Crippen LogP contribution in [0.2, 0.25) is 0 Å². The van der Waals surface area contributed by atoms with Gasteiger partial charge in [0.2, 0.25) is 5.91 Å². The molecule has 1 unspecified atom stereocenters. The van der Waals surface area contributed by atoms with Gasteiger partial charge in [0, 0.05) is 11.1 Å². The minimum absolute atomic E-state index is 0.0393. The van der Waals surface area contributed by atoms with Gasteiger partial charge in [-0.2, -0.15) is 0 Å². The van der Waals surface area contributed by atoms with Gasteiger partial charge in [-0.1, -0.05) is 24.3 Å². The van der Waals surface area contributed by atoms with Gasteiger partial charge < -0.3 is 5.32 Å². The van der Waals surface area contributed by atoms with Crippen molar-refractivity contribution in [1.29, 1.82) is 0 Å². The predicted octanol–water partition coefficient (Wildman–Crippen LogP) is 3.20. The number of amides is 1. The molecule has 0 radical (unpaired) electrons. The van der Waals surface area contributed by atoms with Crippen LogP contribution in [-0.2, 0) is 4.79 Å². The molecule has 92 valence electrons. The second-order valence-corrected chi connectivity index (χ2v) is 5.19. The van der Waals surface area contributed by atoms with Crippen molar-refractivity contribution >= 4 is 23.5 Å². The van der Waals surface area contributed by atoms with Crippen molar-refractivity contribution in [1.82, 2.24) is 4.98 Å². The third-order valence-corrected chi connectivity index (χ3v) is 3.45. The number of pyridine rings is 1. The molecule has 1 heterocycles. The zero-order chi connectivity index (χ0) is 12.8. The number of carbonyl (C=O) groups is 1. The maximum Gasteiger partial charge on any atom is 0.238 e. The molecule has 2 aromatic rings. The molecule has 0 aliphatic rings.